The van der Waals surface area contributed by atoms with Gasteiger partial charge < -0.3 is 15.6 Å². The van der Waals surface area contributed by atoms with Crippen LogP contribution in [-0.4, -0.2) is 52.1 Å². The van der Waals surface area contributed by atoms with Crippen LogP contribution in [-0.2, 0) is 14.4 Å². The van der Waals surface area contributed by atoms with E-state index in [-0.39, 0.29) is 13.0 Å². The third kappa shape index (κ3) is 2.18. The van der Waals surface area contributed by atoms with E-state index in [1.54, 1.807) is 0 Å². The van der Waals surface area contributed by atoms with E-state index in [0.29, 0.717) is 12.0 Å². The Morgan fingerprint density at radius 3 is 2.75 bits per heavy atom. The summed E-state index contributed by atoms with van der Waals surface area (Å²) in [6, 6.07) is -0.998. The van der Waals surface area contributed by atoms with Crippen molar-refractivity contribution in [2.24, 2.45) is 5.73 Å². The lowest BCUT2D eigenvalue weighted by molar-refractivity contribution is -0.146. The molecule has 8 heteroatoms. The van der Waals surface area contributed by atoms with Gasteiger partial charge in [-0.15, -0.1) is 0 Å². The van der Waals surface area contributed by atoms with Crippen molar-refractivity contribution in [2.75, 3.05) is 13.6 Å². The number of hydrogen-bond donors (Lipinski definition) is 3. The van der Waals surface area contributed by atoms with Crippen molar-refractivity contribution < 1.29 is 18.9 Å². The molecule has 1 aliphatic heterocycles. The maximum atomic E-state index is 11.7. The Morgan fingerprint density at radius 2 is 2.38 bits per heavy atom. The van der Waals surface area contributed by atoms with E-state index in [2.05, 4.69) is 5.32 Å². The van der Waals surface area contributed by atoms with E-state index in [0.717, 1.165) is 4.90 Å². The van der Waals surface area contributed by atoms with Crippen molar-refractivity contribution in [3.05, 3.63) is 0 Å². The zero-order chi connectivity index (χ0) is 12.3. The van der Waals surface area contributed by atoms with Crippen molar-refractivity contribution >= 4 is 29.8 Å². The van der Waals surface area contributed by atoms with Gasteiger partial charge in [-0.1, -0.05) is 0 Å². The lowest BCUT2D eigenvalue weighted by Gasteiger charge is -2.23. The Kier molecular flexibility index (Phi) is 4.27. The normalized spacial score (nSPS) is 22.4. The lowest BCUT2D eigenvalue weighted by atomic mass is 10.2. The van der Waals surface area contributed by atoms with Gasteiger partial charge in [-0.05, 0) is 0 Å². The number of nitrogens with zero attached hydrogens (tertiary/aromatic N) is 1. The number of imide groups is 1. The maximum Gasteiger partial charge on any atom is 0.245 e. The second-order valence-corrected chi connectivity index (χ2v) is 4.05. The summed E-state index contributed by atoms with van der Waals surface area (Å²) in [7, 11) is 1.40. The van der Waals surface area contributed by atoms with Gasteiger partial charge in [0, 0.05) is 25.6 Å². The van der Waals surface area contributed by atoms with Gasteiger partial charge in [-0.2, -0.15) is 0 Å². The first-order chi connectivity index (χ1) is 7.56. The monoisotopic (exact) mass is 247 g/mol. The summed E-state index contributed by atoms with van der Waals surface area (Å²) in [5.41, 5.74) is 5.36. The predicted octanol–water partition coefficient (Wildman–Crippen LogP) is -1.61. The van der Waals surface area contributed by atoms with E-state index in [1.165, 1.54) is 7.05 Å². The summed E-state index contributed by atoms with van der Waals surface area (Å²) >= 11 is 0.311. The third-order valence-corrected chi connectivity index (χ3v) is 2.98. The fourth-order valence-corrected chi connectivity index (χ4v) is 1.95. The van der Waals surface area contributed by atoms with Gasteiger partial charge in [-0.3, -0.25) is 19.3 Å². The van der Waals surface area contributed by atoms with E-state index in [4.69, 9.17) is 10.3 Å². The smallest absolute Gasteiger partial charge is 0.245 e. The van der Waals surface area contributed by atoms with Gasteiger partial charge in [0.2, 0.25) is 17.7 Å². The molecule has 0 spiro atoms. The van der Waals surface area contributed by atoms with Crippen molar-refractivity contribution in [3.63, 3.8) is 0 Å². The molecular weight excluding hydrogens is 234 g/mol. The first-order valence-corrected chi connectivity index (χ1v) is 5.48. The Morgan fingerprint density at radius 1 is 1.75 bits per heavy atom. The van der Waals surface area contributed by atoms with Gasteiger partial charge in [0.25, 0.3) is 0 Å². The summed E-state index contributed by atoms with van der Waals surface area (Å²) in [6.07, 6.45) is -0.104. The highest BCUT2D eigenvalue weighted by molar-refractivity contribution is 7.95. The average Bonchev–Trinajstić information content (AvgIpc) is 2.56. The topological polar surface area (TPSA) is 113 Å². The number of nitrogens with one attached hydrogen (secondary N) is 1. The molecule has 1 heterocycles. The molecule has 0 aromatic heterocycles. The van der Waals surface area contributed by atoms with Gasteiger partial charge in [0.1, 0.15) is 11.3 Å². The van der Waals surface area contributed by atoms with Crippen LogP contribution in [0, 0.1) is 0 Å². The number of carbonyl (C=O) groups is 3. The highest BCUT2D eigenvalue weighted by Crippen LogP contribution is 2.24. The average molecular weight is 247 g/mol. The predicted molar refractivity (Wildman–Crippen MR) is 57.4 cm³/mol. The molecule has 3 amide bonds. The Labute approximate surface area is 96.5 Å². The molecule has 0 radical (unpaired) electrons. The minimum atomic E-state index is -0.998. The number of nitrogens with two attached hydrogens (primary N) is 1. The summed E-state index contributed by atoms with van der Waals surface area (Å²) < 4.78 is 8.81. The van der Waals surface area contributed by atoms with Crippen LogP contribution in [0.2, 0.25) is 0 Å². The third-order valence-electron chi connectivity index (χ3n) is 2.35. The fourth-order valence-electron chi connectivity index (χ4n) is 1.53. The first-order valence-electron chi connectivity index (χ1n) is 4.64. The number of hydrogen-bond acceptors (Lipinski definition) is 6. The maximum absolute atomic E-state index is 11.7. The van der Waals surface area contributed by atoms with Crippen molar-refractivity contribution in [1.29, 1.82) is 0 Å². The molecule has 7 nitrogen and oxygen atoms in total. The molecule has 2 unspecified atom stereocenters. The molecule has 16 heavy (non-hydrogen) atoms. The Bertz CT molecular complexity index is 322. The van der Waals surface area contributed by atoms with Crippen LogP contribution in [0.5, 0.6) is 0 Å². The van der Waals surface area contributed by atoms with Crippen LogP contribution in [0.3, 0.4) is 0 Å². The van der Waals surface area contributed by atoms with Gasteiger partial charge >= 0.3 is 0 Å². The largest absolute Gasteiger partial charge is 0.357 e. The van der Waals surface area contributed by atoms with Gasteiger partial charge in [-0.25, -0.2) is 0 Å². The molecule has 0 saturated carbocycles. The van der Waals surface area contributed by atoms with Gasteiger partial charge in [0.05, 0.1) is 6.42 Å². The summed E-state index contributed by atoms with van der Waals surface area (Å²) in [5, 5.41) is 1.50. The molecule has 1 aliphatic rings. The van der Waals surface area contributed by atoms with Crippen LogP contribution in [0.4, 0.5) is 0 Å². The zero-order valence-corrected chi connectivity index (χ0v) is 9.49. The van der Waals surface area contributed by atoms with Crippen LogP contribution in [0.15, 0.2) is 0 Å². The van der Waals surface area contributed by atoms with E-state index in [1.807, 2.05) is 0 Å². The highest BCUT2D eigenvalue weighted by Gasteiger charge is 2.44. The van der Waals surface area contributed by atoms with E-state index < -0.39 is 29.0 Å². The molecule has 1 rings (SSSR count). The molecule has 0 aromatic rings. The fraction of sp³-hybridized carbons (Fsp3) is 0.625. The number of likely N-dealkylation sites (N-methyl/N-ethyl adjacent to an activating group) is 1. The number of likely N-dealkylation sites (tertiary alicyclic amines) is 1. The molecule has 2 atom stereocenters. The van der Waals surface area contributed by atoms with Crippen molar-refractivity contribution in [2.45, 2.75) is 17.7 Å². The Hall–Kier alpha value is -1.12. The summed E-state index contributed by atoms with van der Waals surface area (Å²) in [5.74, 6) is -1.56. The van der Waals surface area contributed by atoms with Crippen LogP contribution >= 0.6 is 12.0 Å². The molecule has 90 valence electrons. The lowest BCUT2D eigenvalue weighted by Crippen LogP contribution is -2.52. The molecule has 1 saturated heterocycles. The molecule has 1 fully saturated rings. The zero-order valence-electron chi connectivity index (χ0n) is 8.67. The standard InChI is InChI=1S/C8H13N3O4S/c1-10-7(13)4(3-9)11-6(12)2-5(16-15)8(11)14/h4-5,15H,2-3,9H2,1H3,(H,10,13). The molecule has 0 bridgehead atoms. The number of rotatable bonds is 4. The SMILES string of the molecule is CNC(=O)C(CN)N1C(=O)CC(SO)C1=O. The second-order valence-electron chi connectivity index (χ2n) is 3.27. The molecule has 4 N–H and O–H groups in total. The van der Waals surface area contributed by atoms with Crippen LogP contribution in [0.25, 0.3) is 0 Å². The second kappa shape index (κ2) is 5.28. The van der Waals surface area contributed by atoms with E-state index >= 15 is 0 Å². The molecular formula is C8H13N3O4S. The number of carbonyl (C=O) groups excluding carboxylic acids is 3. The van der Waals surface area contributed by atoms with Crippen molar-refractivity contribution in [3.8, 4) is 0 Å². The van der Waals surface area contributed by atoms with Crippen molar-refractivity contribution in [1.82, 2.24) is 10.2 Å². The highest BCUT2D eigenvalue weighted by atomic mass is 32.2. The summed E-state index contributed by atoms with van der Waals surface area (Å²) in [6.45, 7) is -0.139. The molecule has 0 aromatic carbocycles. The van der Waals surface area contributed by atoms with Crippen LogP contribution in [0.1, 0.15) is 6.42 Å². The number of amides is 3. The Balaban J connectivity index is 2.89. The van der Waals surface area contributed by atoms with Crippen LogP contribution < -0.4 is 11.1 Å². The minimum absolute atomic E-state index is 0.104. The first kappa shape index (κ1) is 12.9. The van der Waals surface area contributed by atoms with E-state index in [9.17, 15) is 14.4 Å². The summed E-state index contributed by atoms with van der Waals surface area (Å²) in [4.78, 5) is 35.4. The quantitative estimate of drug-likeness (QED) is 0.407. The minimum Gasteiger partial charge on any atom is -0.357 e. The van der Waals surface area contributed by atoms with Gasteiger partial charge in [0.15, 0.2) is 0 Å². The molecule has 0 aliphatic carbocycles.